The van der Waals surface area contributed by atoms with Crippen molar-refractivity contribution in [3.63, 3.8) is 0 Å². The van der Waals surface area contributed by atoms with Crippen molar-refractivity contribution >= 4 is 33.4 Å². The normalized spacial score (nSPS) is 28.7. The Morgan fingerprint density at radius 3 is 2.38 bits per heavy atom. The molecule has 4 rings (SSSR count). The molecule has 2 aliphatic heterocycles. The summed E-state index contributed by atoms with van der Waals surface area (Å²) in [5.41, 5.74) is 0.739. The monoisotopic (exact) mass is 460 g/mol. The van der Waals surface area contributed by atoms with Crippen molar-refractivity contribution in [1.82, 2.24) is 10.2 Å². The van der Waals surface area contributed by atoms with Gasteiger partial charge in [0.05, 0.1) is 24.9 Å². The number of carbonyl (C=O) groups is 3. The molecule has 3 aliphatic rings. The molecule has 2 heterocycles. The lowest BCUT2D eigenvalue weighted by molar-refractivity contribution is -0.128. The number of piperidine rings is 1. The predicted molar refractivity (Wildman–Crippen MR) is 114 cm³/mol. The number of nitrogens with zero attached hydrogens (tertiary/aromatic N) is 3. The van der Waals surface area contributed by atoms with Crippen molar-refractivity contribution in [3.05, 3.63) is 41.2 Å². The van der Waals surface area contributed by atoms with Crippen molar-refractivity contribution in [1.29, 1.82) is 0 Å². The van der Waals surface area contributed by atoms with Crippen LogP contribution in [0.15, 0.2) is 24.3 Å². The van der Waals surface area contributed by atoms with Crippen LogP contribution in [-0.4, -0.2) is 75.5 Å². The van der Waals surface area contributed by atoms with E-state index in [2.05, 4.69) is 10.2 Å². The van der Waals surface area contributed by atoms with Crippen LogP contribution < -0.4 is 10.2 Å². The molecule has 3 amide bonds. The van der Waals surface area contributed by atoms with Crippen LogP contribution in [0.5, 0.6) is 0 Å². The molecule has 0 spiro atoms. The fourth-order valence-corrected chi connectivity index (χ4v) is 5.42. The van der Waals surface area contributed by atoms with Gasteiger partial charge in [0.25, 0.3) is 5.54 Å². The Kier molecular flexibility index (Phi) is 5.36. The highest BCUT2D eigenvalue weighted by Crippen LogP contribution is 2.64. The molecule has 32 heavy (non-hydrogen) atoms. The van der Waals surface area contributed by atoms with Gasteiger partial charge in [-0.15, -0.1) is 0 Å². The molecule has 0 aromatic heterocycles. The highest BCUT2D eigenvalue weighted by Gasteiger charge is 2.77. The first-order valence-corrected chi connectivity index (χ1v) is 12.3. The van der Waals surface area contributed by atoms with Gasteiger partial charge in [0.15, 0.2) is 9.84 Å². The summed E-state index contributed by atoms with van der Waals surface area (Å²) in [6.07, 6.45) is 0.112. The van der Waals surface area contributed by atoms with Gasteiger partial charge in [-0.2, -0.15) is 0 Å². The van der Waals surface area contributed by atoms with Gasteiger partial charge in [-0.3, -0.25) is 14.5 Å². The minimum Gasteiger partial charge on any atom is -0.442 e. The van der Waals surface area contributed by atoms with E-state index in [0.29, 0.717) is 25.3 Å². The number of anilines is 1. The third-order valence-electron chi connectivity index (χ3n) is 6.36. The van der Waals surface area contributed by atoms with Gasteiger partial charge in [0.1, 0.15) is 11.9 Å². The minimum absolute atomic E-state index is 0.0341. The highest BCUT2D eigenvalue weighted by molar-refractivity contribution is 7.91. The smallest absolute Gasteiger partial charge is 0.414 e. The number of nitrogens with one attached hydrogen (secondary N) is 1. The van der Waals surface area contributed by atoms with Gasteiger partial charge in [0, 0.05) is 37.5 Å². The number of amides is 3. The third kappa shape index (κ3) is 3.90. The Morgan fingerprint density at radius 2 is 1.84 bits per heavy atom. The van der Waals surface area contributed by atoms with Crippen LogP contribution in [-0.2, 0) is 29.7 Å². The van der Waals surface area contributed by atoms with Crippen LogP contribution in [0, 0.1) is 18.4 Å². The second-order valence-electron chi connectivity index (χ2n) is 8.62. The number of fused-ring (bicyclic) bond motifs is 1. The average Bonchev–Trinajstić information content (AvgIpc) is 3.02. The number of rotatable bonds is 6. The maximum Gasteiger partial charge on any atom is 0.414 e. The Bertz CT molecular complexity index is 1100. The van der Waals surface area contributed by atoms with Crippen LogP contribution in [0.4, 0.5) is 10.5 Å². The van der Waals surface area contributed by atoms with E-state index in [9.17, 15) is 22.8 Å². The first kappa shape index (κ1) is 22.1. The Morgan fingerprint density at radius 1 is 1.22 bits per heavy atom. The Balaban J connectivity index is 1.42. The lowest BCUT2D eigenvalue weighted by Gasteiger charge is -2.21. The van der Waals surface area contributed by atoms with E-state index in [4.69, 9.17) is 11.3 Å². The third-order valence-corrected chi connectivity index (χ3v) is 7.13. The summed E-state index contributed by atoms with van der Waals surface area (Å²) < 4.78 is 28.1. The summed E-state index contributed by atoms with van der Waals surface area (Å²) in [6.45, 7) is 10.5. The Labute approximate surface area is 186 Å². The fourth-order valence-electron chi connectivity index (χ4n) is 4.79. The molecule has 170 valence electrons. The van der Waals surface area contributed by atoms with Gasteiger partial charge in [-0.1, -0.05) is 0 Å². The average molecular weight is 461 g/mol. The van der Waals surface area contributed by atoms with E-state index in [1.165, 1.54) is 16.7 Å². The topological polar surface area (TPSA) is 117 Å². The quantitative estimate of drug-likeness (QED) is 0.614. The molecule has 0 bridgehead atoms. The van der Waals surface area contributed by atoms with Gasteiger partial charge in [0.2, 0.25) is 11.8 Å². The number of cyclic esters (lactones) is 1. The zero-order valence-corrected chi connectivity index (χ0v) is 18.6. The molecule has 11 heteroatoms. The molecule has 1 aliphatic carbocycles. The van der Waals surface area contributed by atoms with Crippen LogP contribution in [0.25, 0.3) is 4.85 Å². The molecule has 4 atom stereocenters. The van der Waals surface area contributed by atoms with Crippen molar-refractivity contribution in [2.24, 2.45) is 11.8 Å². The molecule has 1 unspecified atom stereocenters. The molecular weight excluding hydrogens is 436 g/mol. The Hall–Kier alpha value is -3.13. The molecule has 2 saturated heterocycles. The van der Waals surface area contributed by atoms with Crippen LogP contribution >= 0.6 is 0 Å². The van der Waals surface area contributed by atoms with Crippen molar-refractivity contribution in [3.8, 4) is 0 Å². The number of ether oxygens (including phenoxy) is 1. The second-order valence-corrected chi connectivity index (χ2v) is 10.8. The van der Waals surface area contributed by atoms with Crippen molar-refractivity contribution < 1.29 is 27.5 Å². The fraction of sp³-hybridized carbons (Fsp3) is 0.524. The van der Waals surface area contributed by atoms with E-state index in [1.54, 1.807) is 12.1 Å². The van der Waals surface area contributed by atoms with Gasteiger partial charge in [-0.05, 0) is 24.3 Å². The lowest BCUT2D eigenvalue weighted by Crippen LogP contribution is -2.37. The number of likely N-dealkylation sites (tertiary alicyclic amines) is 1. The van der Waals surface area contributed by atoms with Crippen LogP contribution in [0.2, 0.25) is 0 Å². The molecular formula is C21H24N4O6S. The number of sulfone groups is 1. The van der Waals surface area contributed by atoms with Gasteiger partial charge < -0.3 is 19.8 Å². The maximum atomic E-state index is 12.2. The zero-order valence-electron chi connectivity index (χ0n) is 17.8. The summed E-state index contributed by atoms with van der Waals surface area (Å²) in [5, 5.41) is 2.63. The van der Waals surface area contributed by atoms with E-state index in [1.807, 2.05) is 12.1 Å². The standard InChI is InChI=1S/C21H24N4O6S/c1-13(26)23-8-16-9-25(20(28)31-16)15-6-4-14(5-7-15)21(22-2)17-10-24(11-18(17)21)19(27)12-32(3,29)30/h4-7,16-18H,8-12H2,1,3H3,(H,23,26)/t16-,17-,18+,21?/m0/s1. The molecule has 10 nitrogen and oxygen atoms in total. The second kappa shape index (κ2) is 7.78. The minimum atomic E-state index is -3.39. The lowest BCUT2D eigenvalue weighted by atomic mass is 9.99. The van der Waals surface area contributed by atoms with E-state index in [-0.39, 0.29) is 24.3 Å². The molecule has 1 N–H and O–H groups in total. The van der Waals surface area contributed by atoms with E-state index in [0.717, 1.165) is 11.8 Å². The van der Waals surface area contributed by atoms with E-state index < -0.39 is 39.2 Å². The number of benzene rings is 1. The number of hydrogen-bond acceptors (Lipinski definition) is 6. The summed E-state index contributed by atoms with van der Waals surface area (Å²) in [4.78, 5) is 42.4. The molecule has 1 aromatic carbocycles. The molecule has 3 fully saturated rings. The molecule has 1 saturated carbocycles. The highest BCUT2D eigenvalue weighted by atomic mass is 32.2. The molecule has 0 radical (unpaired) electrons. The largest absolute Gasteiger partial charge is 0.442 e. The number of carbonyl (C=O) groups excluding carboxylic acids is 3. The summed E-state index contributed by atoms with van der Waals surface area (Å²) >= 11 is 0. The van der Waals surface area contributed by atoms with Gasteiger partial charge >= 0.3 is 6.09 Å². The SMILES string of the molecule is [C-]#[N+]C1(c2ccc(N3C[C@H](CNC(C)=O)OC3=O)cc2)[C@@H]2CN(C(=O)CS(C)(=O)=O)C[C@@H]21. The maximum absolute atomic E-state index is 12.2. The van der Waals surface area contributed by atoms with Crippen LogP contribution in [0.3, 0.4) is 0 Å². The predicted octanol–water partition coefficient (Wildman–Crippen LogP) is 0.395. The first-order valence-electron chi connectivity index (χ1n) is 10.2. The van der Waals surface area contributed by atoms with Crippen molar-refractivity contribution in [2.45, 2.75) is 18.6 Å². The summed E-state index contributed by atoms with van der Waals surface area (Å²) in [6, 6.07) is 7.18. The zero-order chi connectivity index (χ0) is 23.3. The van der Waals surface area contributed by atoms with Gasteiger partial charge in [-0.25, -0.2) is 19.8 Å². The summed E-state index contributed by atoms with van der Waals surface area (Å²) in [5.74, 6) is -1.20. The summed E-state index contributed by atoms with van der Waals surface area (Å²) in [7, 11) is -3.39. The van der Waals surface area contributed by atoms with E-state index >= 15 is 0 Å². The molecule has 1 aromatic rings. The van der Waals surface area contributed by atoms with Crippen molar-refractivity contribution in [2.75, 3.05) is 43.1 Å². The van der Waals surface area contributed by atoms with Crippen LogP contribution in [0.1, 0.15) is 12.5 Å². The first-order chi connectivity index (χ1) is 15.0. The number of hydrogen-bond donors (Lipinski definition) is 1.